The fourth-order valence-electron chi connectivity index (χ4n) is 1.09. The number of aliphatic hydroxyl groups is 1. The summed E-state index contributed by atoms with van der Waals surface area (Å²) in [6.07, 6.45) is -0.699. The average molecular weight is 200 g/mol. The van der Waals surface area contributed by atoms with Crippen LogP contribution in [0, 0.1) is 5.41 Å². The Kier molecular flexibility index (Phi) is 2.80. The molecule has 0 spiro atoms. The first-order valence-corrected chi connectivity index (χ1v) is 4.58. The molecule has 0 radical (unpaired) electrons. The standard InChI is InChI=1S/C9H16N2O3/c1-9(2,3)6(12)5-11-7(13)4-10-8(11)14/h6,12H,4-5H2,1-3H3,(H,10,14). The highest BCUT2D eigenvalue weighted by Gasteiger charge is 2.33. The van der Waals surface area contributed by atoms with Crippen molar-refractivity contribution in [1.29, 1.82) is 0 Å². The summed E-state index contributed by atoms with van der Waals surface area (Å²) in [5, 5.41) is 12.1. The number of β-amino-alcohol motifs (C(OH)–C–C–N with tert-alkyl or cyclic N) is 1. The lowest BCUT2D eigenvalue weighted by atomic mass is 9.89. The summed E-state index contributed by atoms with van der Waals surface area (Å²) in [5.41, 5.74) is -0.330. The van der Waals surface area contributed by atoms with Crippen molar-refractivity contribution < 1.29 is 14.7 Å². The van der Waals surface area contributed by atoms with Gasteiger partial charge in [0.15, 0.2) is 0 Å². The third kappa shape index (κ3) is 2.23. The molecule has 1 fully saturated rings. The Balaban J connectivity index is 2.60. The molecule has 1 saturated heterocycles. The molecule has 1 aliphatic rings. The highest BCUT2D eigenvalue weighted by molar-refractivity contribution is 6.01. The second-order valence-corrected chi connectivity index (χ2v) is 4.54. The van der Waals surface area contributed by atoms with Crippen molar-refractivity contribution in [1.82, 2.24) is 10.2 Å². The van der Waals surface area contributed by atoms with Crippen molar-refractivity contribution in [2.24, 2.45) is 5.41 Å². The summed E-state index contributed by atoms with van der Waals surface area (Å²) >= 11 is 0. The third-order valence-electron chi connectivity index (χ3n) is 2.29. The van der Waals surface area contributed by atoms with Gasteiger partial charge in [0.05, 0.1) is 19.2 Å². The zero-order valence-electron chi connectivity index (χ0n) is 8.70. The molecule has 1 rings (SSSR count). The molecule has 80 valence electrons. The van der Waals surface area contributed by atoms with Crippen LogP contribution in [0.3, 0.4) is 0 Å². The average Bonchev–Trinajstić information content (AvgIpc) is 2.34. The Morgan fingerprint density at radius 1 is 1.50 bits per heavy atom. The van der Waals surface area contributed by atoms with Gasteiger partial charge in [-0.25, -0.2) is 4.79 Å². The summed E-state index contributed by atoms with van der Waals surface area (Å²) in [4.78, 5) is 23.4. The molecule has 1 unspecified atom stereocenters. The molecule has 5 nitrogen and oxygen atoms in total. The number of imide groups is 1. The van der Waals surface area contributed by atoms with E-state index in [9.17, 15) is 14.7 Å². The maximum Gasteiger partial charge on any atom is 0.324 e. The van der Waals surface area contributed by atoms with Crippen molar-refractivity contribution in [3.8, 4) is 0 Å². The van der Waals surface area contributed by atoms with Crippen molar-refractivity contribution in [2.45, 2.75) is 26.9 Å². The Hall–Kier alpha value is -1.10. The van der Waals surface area contributed by atoms with E-state index in [-0.39, 0.29) is 24.4 Å². The normalized spacial score (nSPS) is 19.9. The molecule has 1 heterocycles. The number of hydrogen-bond donors (Lipinski definition) is 2. The highest BCUT2D eigenvalue weighted by Crippen LogP contribution is 2.20. The molecule has 5 heteroatoms. The molecule has 14 heavy (non-hydrogen) atoms. The van der Waals surface area contributed by atoms with Gasteiger partial charge in [-0.1, -0.05) is 20.8 Å². The molecule has 3 amide bonds. The predicted octanol–water partition coefficient (Wildman–Crippen LogP) is -0.0548. The van der Waals surface area contributed by atoms with Crippen LogP contribution in [0.4, 0.5) is 4.79 Å². The number of carbonyl (C=O) groups excluding carboxylic acids is 2. The van der Waals surface area contributed by atoms with E-state index in [1.54, 1.807) is 0 Å². The van der Waals surface area contributed by atoms with Gasteiger partial charge >= 0.3 is 6.03 Å². The Morgan fingerprint density at radius 3 is 2.43 bits per heavy atom. The minimum Gasteiger partial charge on any atom is -0.391 e. The van der Waals surface area contributed by atoms with Crippen LogP contribution >= 0.6 is 0 Å². The van der Waals surface area contributed by atoms with E-state index in [2.05, 4.69) is 5.32 Å². The maximum absolute atomic E-state index is 11.2. The first-order valence-electron chi connectivity index (χ1n) is 4.58. The first-order chi connectivity index (χ1) is 6.32. The lowest BCUT2D eigenvalue weighted by Crippen LogP contribution is -2.42. The van der Waals surface area contributed by atoms with Crippen molar-refractivity contribution in [2.75, 3.05) is 13.1 Å². The van der Waals surface area contributed by atoms with Gasteiger partial charge in [0, 0.05) is 0 Å². The fourth-order valence-corrected chi connectivity index (χ4v) is 1.09. The van der Waals surface area contributed by atoms with Gasteiger partial charge in [0.1, 0.15) is 0 Å². The SMILES string of the molecule is CC(C)(C)C(O)CN1C(=O)CNC1=O. The molecule has 0 bridgehead atoms. The lowest BCUT2D eigenvalue weighted by molar-refractivity contribution is -0.126. The van der Waals surface area contributed by atoms with Gasteiger partial charge in [-0.05, 0) is 5.41 Å². The maximum atomic E-state index is 11.2. The van der Waals surface area contributed by atoms with E-state index in [0.29, 0.717) is 0 Å². The molecule has 1 atom stereocenters. The van der Waals surface area contributed by atoms with Crippen LogP contribution in [0.25, 0.3) is 0 Å². The van der Waals surface area contributed by atoms with E-state index in [0.717, 1.165) is 4.90 Å². The Labute approximate surface area is 83.1 Å². The summed E-state index contributed by atoms with van der Waals surface area (Å²) in [6, 6.07) is -0.418. The summed E-state index contributed by atoms with van der Waals surface area (Å²) < 4.78 is 0. The number of nitrogens with one attached hydrogen (secondary N) is 1. The van der Waals surface area contributed by atoms with Crippen LogP contribution in [0.5, 0.6) is 0 Å². The van der Waals surface area contributed by atoms with Crippen LogP contribution < -0.4 is 5.32 Å². The smallest absolute Gasteiger partial charge is 0.324 e. The number of carbonyl (C=O) groups is 2. The van der Waals surface area contributed by atoms with Crippen LogP contribution in [-0.2, 0) is 4.79 Å². The van der Waals surface area contributed by atoms with E-state index < -0.39 is 12.1 Å². The molecule has 0 aliphatic carbocycles. The molecule has 1 aliphatic heterocycles. The molecular weight excluding hydrogens is 184 g/mol. The number of amides is 3. The minimum atomic E-state index is -0.699. The number of urea groups is 1. The van der Waals surface area contributed by atoms with Crippen LogP contribution in [0.15, 0.2) is 0 Å². The topological polar surface area (TPSA) is 69.6 Å². The number of nitrogens with zero attached hydrogens (tertiary/aromatic N) is 1. The number of hydrogen-bond acceptors (Lipinski definition) is 3. The fraction of sp³-hybridized carbons (Fsp3) is 0.778. The van der Waals surface area contributed by atoms with Crippen molar-refractivity contribution in [3.63, 3.8) is 0 Å². The second-order valence-electron chi connectivity index (χ2n) is 4.54. The molecule has 2 N–H and O–H groups in total. The largest absolute Gasteiger partial charge is 0.391 e. The predicted molar refractivity (Wildman–Crippen MR) is 50.6 cm³/mol. The molecule has 0 aromatic carbocycles. The van der Waals surface area contributed by atoms with E-state index >= 15 is 0 Å². The minimum absolute atomic E-state index is 0.0374. The van der Waals surface area contributed by atoms with Crippen molar-refractivity contribution >= 4 is 11.9 Å². The van der Waals surface area contributed by atoms with Crippen molar-refractivity contribution in [3.05, 3.63) is 0 Å². The third-order valence-corrected chi connectivity index (χ3v) is 2.29. The van der Waals surface area contributed by atoms with Crippen LogP contribution in [0.2, 0.25) is 0 Å². The summed E-state index contributed by atoms with van der Waals surface area (Å²) in [5.74, 6) is -0.279. The molecule has 0 saturated carbocycles. The lowest BCUT2D eigenvalue weighted by Gasteiger charge is -2.28. The quantitative estimate of drug-likeness (QED) is 0.614. The Morgan fingerprint density at radius 2 is 2.07 bits per heavy atom. The Bertz CT molecular complexity index is 241. The molecule has 0 aromatic heterocycles. The first kappa shape index (κ1) is 11.0. The second kappa shape index (κ2) is 3.57. The van der Waals surface area contributed by atoms with Gasteiger partial charge in [0.25, 0.3) is 0 Å². The van der Waals surface area contributed by atoms with Crippen LogP contribution in [0.1, 0.15) is 20.8 Å². The van der Waals surface area contributed by atoms with Gasteiger partial charge in [-0.2, -0.15) is 0 Å². The summed E-state index contributed by atoms with van der Waals surface area (Å²) in [7, 11) is 0. The van der Waals surface area contributed by atoms with Gasteiger partial charge < -0.3 is 10.4 Å². The number of rotatable bonds is 2. The van der Waals surface area contributed by atoms with Gasteiger partial charge in [-0.15, -0.1) is 0 Å². The van der Waals surface area contributed by atoms with E-state index in [1.807, 2.05) is 20.8 Å². The van der Waals surface area contributed by atoms with E-state index in [4.69, 9.17) is 0 Å². The van der Waals surface area contributed by atoms with Gasteiger partial charge in [0.2, 0.25) is 5.91 Å². The molecule has 0 aromatic rings. The van der Waals surface area contributed by atoms with Crippen LogP contribution in [-0.4, -0.2) is 41.1 Å². The highest BCUT2D eigenvalue weighted by atomic mass is 16.3. The molecular formula is C9H16N2O3. The van der Waals surface area contributed by atoms with E-state index in [1.165, 1.54) is 0 Å². The number of aliphatic hydroxyl groups excluding tert-OH is 1. The zero-order chi connectivity index (χ0) is 10.9. The zero-order valence-corrected chi connectivity index (χ0v) is 8.70. The monoisotopic (exact) mass is 200 g/mol. The van der Waals surface area contributed by atoms with Gasteiger partial charge in [-0.3, -0.25) is 9.69 Å². The summed E-state index contributed by atoms with van der Waals surface area (Å²) in [6.45, 7) is 5.67.